The first-order valence-corrected chi connectivity index (χ1v) is 17.5. The minimum Gasteiger partial charge on any atom is -0.310 e. The van der Waals surface area contributed by atoms with E-state index in [0.29, 0.717) is 0 Å². The number of benzene rings is 9. The zero-order valence-electron chi connectivity index (χ0n) is 28.2. The van der Waals surface area contributed by atoms with Gasteiger partial charge < -0.3 is 4.90 Å². The molecule has 0 saturated carbocycles. The lowest BCUT2D eigenvalue weighted by molar-refractivity contribution is 1.29. The summed E-state index contributed by atoms with van der Waals surface area (Å²) in [4.78, 5) is 2.45. The van der Waals surface area contributed by atoms with E-state index >= 15 is 0 Å². The van der Waals surface area contributed by atoms with Crippen LogP contribution in [0.2, 0.25) is 0 Å². The first kappa shape index (κ1) is 30.4. The van der Waals surface area contributed by atoms with Crippen molar-refractivity contribution in [2.75, 3.05) is 4.90 Å². The van der Waals surface area contributed by atoms with Gasteiger partial charge in [-0.1, -0.05) is 182 Å². The van der Waals surface area contributed by atoms with E-state index < -0.39 is 0 Å². The molecule has 1 nitrogen and oxygen atoms in total. The molecule has 240 valence electrons. The van der Waals surface area contributed by atoms with Gasteiger partial charge in [-0.25, -0.2) is 0 Å². The van der Waals surface area contributed by atoms with E-state index in [2.05, 4.69) is 217 Å². The molecule has 0 aliphatic heterocycles. The van der Waals surface area contributed by atoms with Gasteiger partial charge in [0.1, 0.15) is 0 Å². The van der Waals surface area contributed by atoms with Gasteiger partial charge in [0.05, 0.1) is 5.69 Å². The summed E-state index contributed by atoms with van der Waals surface area (Å²) in [5.74, 6) is 0. The van der Waals surface area contributed by atoms with Gasteiger partial charge in [0.2, 0.25) is 0 Å². The standard InChI is InChI=1S/C50H35N/c1-3-17-37(18-4-1)45-27-11-12-28-48(45)50-47(39-19-5-2-6-20-39)30-15-31-49(50)51(43-33-32-36-16-7-8-22-40(36)34-43)42-25-13-24-41(35-42)46-29-14-23-38-21-9-10-26-44(38)46/h1-35H. The fraction of sp³-hybridized carbons (Fsp3) is 0. The van der Waals surface area contributed by atoms with E-state index in [0.717, 1.165) is 17.1 Å². The Hall–Kier alpha value is -6.70. The Kier molecular flexibility index (Phi) is 7.92. The maximum Gasteiger partial charge on any atom is 0.0546 e. The van der Waals surface area contributed by atoms with Gasteiger partial charge in [0.15, 0.2) is 0 Å². The van der Waals surface area contributed by atoms with Gasteiger partial charge in [0, 0.05) is 16.9 Å². The van der Waals surface area contributed by atoms with Crippen molar-refractivity contribution < 1.29 is 0 Å². The van der Waals surface area contributed by atoms with E-state index in [1.165, 1.54) is 66.1 Å². The van der Waals surface area contributed by atoms with Gasteiger partial charge in [-0.05, 0) is 90.8 Å². The molecule has 0 atom stereocenters. The molecular formula is C50H35N. The summed E-state index contributed by atoms with van der Waals surface area (Å²) in [5.41, 5.74) is 12.9. The summed E-state index contributed by atoms with van der Waals surface area (Å²) in [6, 6.07) is 76.8. The number of nitrogens with zero attached hydrogens (tertiary/aromatic N) is 1. The van der Waals surface area contributed by atoms with Crippen molar-refractivity contribution in [1.82, 2.24) is 0 Å². The fourth-order valence-corrected chi connectivity index (χ4v) is 7.47. The van der Waals surface area contributed by atoms with Gasteiger partial charge in [-0.15, -0.1) is 0 Å². The molecule has 0 aromatic heterocycles. The van der Waals surface area contributed by atoms with Crippen LogP contribution in [0, 0.1) is 0 Å². The predicted molar refractivity (Wildman–Crippen MR) is 218 cm³/mol. The Morgan fingerprint density at radius 3 is 1.61 bits per heavy atom. The van der Waals surface area contributed by atoms with Crippen LogP contribution in [0.3, 0.4) is 0 Å². The predicted octanol–water partition coefficient (Wildman–Crippen LogP) is 14.1. The van der Waals surface area contributed by atoms with Gasteiger partial charge in [-0.2, -0.15) is 0 Å². The van der Waals surface area contributed by atoms with Crippen molar-refractivity contribution in [2.24, 2.45) is 0 Å². The van der Waals surface area contributed by atoms with Crippen molar-refractivity contribution in [1.29, 1.82) is 0 Å². The number of rotatable bonds is 7. The lowest BCUT2D eigenvalue weighted by Gasteiger charge is -2.30. The van der Waals surface area contributed by atoms with Crippen LogP contribution in [0.5, 0.6) is 0 Å². The van der Waals surface area contributed by atoms with Gasteiger partial charge in [-0.3, -0.25) is 0 Å². The molecule has 1 heteroatoms. The Balaban J connectivity index is 1.34. The first-order chi connectivity index (χ1) is 25.3. The Labute approximate surface area is 299 Å². The molecule has 0 aliphatic carbocycles. The number of anilines is 3. The highest BCUT2D eigenvalue weighted by Gasteiger charge is 2.23. The van der Waals surface area contributed by atoms with Gasteiger partial charge >= 0.3 is 0 Å². The Morgan fingerprint density at radius 1 is 0.275 bits per heavy atom. The molecule has 0 saturated heterocycles. The quantitative estimate of drug-likeness (QED) is 0.166. The maximum atomic E-state index is 2.45. The molecule has 0 N–H and O–H groups in total. The third kappa shape index (κ3) is 5.75. The number of hydrogen-bond donors (Lipinski definition) is 0. The minimum atomic E-state index is 1.10. The Morgan fingerprint density at radius 2 is 0.804 bits per heavy atom. The van der Waals surface area contributed by atoms with Crippen LogP contribution in [-0.4, -0.2) is 0 Å². The van der Waals surface area contributed by atoms with E-state index in [9.17, 15) is 0 Å². The third-order valence-corrected chi connectivity index (χ3v) is 9.85. The van der Waals surface area contributed by atoms with Crippen LogP contribution in [0.15, 0.2) is 212 Å². The van der Waals surface area contributed by atoms with Crippen molar-refractivity contribution in [3.05, 3.63) is 212 Å². The Bertz CT molecular complexity index is 2630. The smallest absolute Gasteiger partial charge is 0.0546 e. The lowest BCUT2D eigenvalue weighted by Crippen LogP contribution is -2.12. The molecule has 0 heterocycles. The van der Waals surface area contributed by atoms with Crippen LogP contribution in [0.25, 0.3) is 66.1 Å². The molecule has 0 fully saturated rings. The zero-order chi connectivity index (χ0) is 34.0. The second-order valence-electron chi connectivity index (χ2n) is 12.9. The number of fused-ring (bicyclic) bond motifs is 2. The third-order valence-electron chi connectivity index (χ3n) is 9.85. The van der Waals surface area contributed by atoms with Crippen LogP contribution in [0.4, 0.5) is 17.1 Å². The lowest BCUT2D eigenvalue weighted by atomic mass is 9.87. The van der Waals surface area contributed by atoms with Crippen LogP contribution >= 0.6 is 0 Å². The second kappa shape index (κ2) is 13.3. The minimum absolute atomic E-state index is 1.10. The molecule has 0 bridgehead atoms. The van der Waals surface area contributed by atoms with Crippen LogP contribution < -0.4 is 4.90 Å². The van der Waals surface area contributed by atoms with Crippen molar-refractivity contribution in [2.45, 2.75) is 0 Å². The molecule has 0 aliphatic rings. The van der Waals surface area contributed by atoms with E-state index in [-0.39, 0.29) is 0 Å². The summed E-state index contributed by atoms with van der Waals surface area (Å²) in [6.07, 6.45) is 0. The van der Waals surface area contributed by atoms with Crippen LogP contribution in [0.1, 0.15) is 0 Å². The molecule has 9 rings (SSSR count). The normalized spacial score (nSPS) is 11.1. The van der Waals surface area contributed by atoms with Crippen LogP contribution in [-0.2, 0) is 0 Å². The zero-order valence-corrected chi connectivity index (χ0v) is 28.2. The van der Waals surface area contributed by atoms with E-state index in [4.69, 9.17) is 0 Å². The molecule has 9 aromatic carbocycles. The maximum absolute atomic E-state index is 2.45. The summed E-state index contributed by atoms with van der Waals surface area (Å²) in [6.45, 7) is 0. The molecule has 51 heavy (non-hydrogen) atoms. The number of hydrogen-bond acceptors (Lipinski definition) is 1. The molecular weight excluding hydrogens is 615 g/mol. The summed E-state index contributed by atoms with van der Waals surface area (Å²) in [5, 5.41) is 4.91. The van der Waals surface area contributed by atoms with E-state index in [1.54, 1.807) is 0 Å². The molecule has 9 aromatic rings. The van der Waals surface area contributed by atoms with Gasteiger partial charge in [0.25, 0.3) is 0 Å². The monoisotopic (exact) mass is 649 g/mol. The highest BCUT2D eigenvalue weighted by atomic mass is 15.1. The highest BCUT2D eigenvalue weighted by Crippen LogP contribution is 2.48. The van der Waals surface area contributed by atoms with Crippen molar-refractivity contribution in [3.63, 3.8) is 0 Å². The largest absolute Gasteiger partial charge is 0.310 e. The van der Waals surface area contributed by atoms with E-state index in [1.807, 2.05) is 0 Å². The molecule has 0 amide bonds. The fourth-order valence-electron chi connectivity index (χ4n) is 7.47. The summed E-state index contributed by atoms with van der Waals surface area (Å²) in [7, 11) is 0. The average Bonchev–Trinajstić information content (AvgIpc) is 3.21. The molecule has 0 spiro atoms. The molecule has 0 radical (unpaired) electrons. The van der Waals surface area contributed by atoms with Crippen molar-refractivity contribution in [3.8, 4) is 44.5 Å². The second-order valence-corrected chi connectivity index (χ2v) is 12.9. The molecule has 0 unspecified atom stereocenters. The SMILES string of the molecule is c1ccc(-c2ccccc2-c2c(-c3ccccc3)cccc2N(c2cccc(-c3cccc4ccccc34)c2)c2ccc3ccccc3c2)cc1. The highest BCUT2D eigenvalue weighted by molar-refractivity contribution is 6.03. The first-order valence-electron chi connectivity index (χ1n) is 17.5. The summed E-state index contributed by atoms with van der Waals surface area (Å²) < 4.78 is 0. The summed E-state index contributed by atoms with van der Waals surface area (Å²) >= 11 is 0. The topological polar surface area (TPSA) is 3.24 Å². The average molecular weight is 650 g/mol. The van der Waals surface area contributed by atoms with Crippen molar-refractivity contribution >= 4 is 38.6 Å².